The molecule has 0 aromatic carbocycles. The number of pyridine rings is 1. The number of carbonyl (C=O) groups is 1. The number of imidazole rings is 1. The van der Waals surface area contributed by atoms with Crippen LogP contribution in [-0.4, -0.2) is 41.7 Å². The molecule has 0 unspecified atom stereocenters. The zero-order valence-corrected chi connectivity index (χ0v) is 12.5. The summed E-state index contributed by atoms with van der Waals surface area (Å²) in [6.07, 6.45) is 8.99. The molecule has 0 radical (unpaired) electrons. The molecule has 7 heteroatoms. The van der Waals surface area contributed by atoms with Crippen molar-refractivity contribution in [3.8, 4) is 0 Å². The van der Waals surface area contributed by atoms with Crippen molar-refractivity contribution in [2.45, 2.75) is 19.6 Å². The highest BCUT2D eigenvalue weighted by atomic mass is 16.2. The largest absolute Gasteiger partial charge is 0.331 e. The molecule has 0 N–H and O–H groups in total. The van der Waals surface area contributed by atoms with E-state index in [4.69, 9.17) is 0 Å². The maximum Gasteiger partial charge on any atom is 0.254 e. The molecule has 1 aliphatic rings. The molecule has 23 heavy (non-hydrogen) atoms. The summed E-state index contributed by atoms with van der Waals surface area (Å²) >= 11 is 0. The third-order valence-electron chi connectivity index (χ3n) is 3.95. The van der Waals surface area contributed by atoms with Crippen molar-refractivity contribution in [2.75, 3.05) is 6.54 Å². The van der Waals surface area contributed by atoms with Crippen molar-refractivity contribution in [3.05, 3.63) is 66.3 Å². The lowest BCUT2D eigenvalue weighted by molar-refractivity contribution is 0.0707. The standard InChI is InChI=1S/C16H16N6O/c23-16(13-2-5-17-6-3-13)21-9-8-20-10-14(19-15(20)12-21)11-22-7-1-4-18-22/h1-7,10H,8-9,11-12H2. The van der Waals surface area contributed by atoms with Crippen LogP contribution in [0, 0.1) is 0 Å². The van der Waals surface area contributed by atoms with Gasteiger partial charge in [-0.05, 0) is 18.2 Å². The van der Waals surface area contributed by atoms with Crippen molar-refractivity contribution in [2.24, 2.45) is 0 Å². The van der Waals surface area contributed by atoms with E-state index in [9.17, 15) is 4.79 Å². The summed E-state index contributed by atoms with van der Waals surface area (Å²) in [6, 6.07) is 5.38. The summed E-state index contributed by atoms with van der Waals surface area (Å²) in [5.74, 6) is 0.941. The number of fused-ring (bicyclic) bond motifs is 1. The zero-order valence-electron chi connectivity index (χ0n) is 12.5. The van der Waals surface area contributed by atoms with Gasteiger partial charge in [-0.1, -0.05) is 0 Å². The maximum atomic E-state index is 12.5. The molecule has 1 aliphatic heterocycles. The highest BCUT2D eigenvalue weighted by Gasteiger charge is 2.23. The minimum Gasteiger partial charge on any atom is -0.331 e. The van der Waals surface area contributed by atoms with E-state index in [2.05, 4.69) is 19.6 Å². The van der Waals surface area contributed by atoms with Gasteiger partial charge in [0.1, 0.15) is 5.82 Å². The fourth-order valence-corrected chi connectivity index (χ4v) is 2.80. The topological polar surface area (TPSA) is 68.8 Å². The number of amides is 1. The molecule has 0 bridgehead atoms. The van der Waals surface area contributed by atoms with Gasteiger partial charge in [0.2, 0.25) is 0 Å². The third kappa shape index (κ3) is 2.73. The summed E-state index contributed by atoms with van der Waals surface area (Å²) in [5, 5.41) is 4.20. The van der Waals surface area contributed by atoms with Gasteiger partial charge in [-0.15, -0.1) is 0 Å². The number of nitrogens with zero attached hydrogens (tertiary/aromatic N) is 6. The fourth-order valence-electron chi connectivity index (χ4n) is 2.80. The Kier molecular flexibility index (Phi) is 3.38. The van der Waals surface area contributed by atoms with Crippen molar-refractivity contribution in [1.29, 1.82) is 0 Å². The lowest BCUT2D eigenvalue weighted by atomic mass is 10.2. The van der Waals surface area contributed by atoms with E-state index in [-0.39, 0.29) is 5.91 Å². The summed E-state index contributed by atoms with van der Waals surface area (Å²) in [7, 11) is 0. The SMILES string of the molecule is O=C(c1ccncc1)N1CCn2cc(Cn3cccn3)nc2C1. The van der Waals surface area contributed by atoms with Crippen LogP contribution in [-0.2, 0) is 19.6 Å². The Morgan fingerprint density at radius 2 is 2.04 bits per heavy atom. The van der Waals surface area contributed by atoms with Crippen molar-refractivity contribution in [3.63, 3.8) is 0 Å². The highest BCUT2D eigenvalue weighted by molar-refractivity contribution is 5.94. The van der Waals surface area contributed by atoms with Gasteiger partial charge in [-0.3, -0.25) is 14.5 Å². The smallest absolute Gasteiger partial charge is 0.254 e. The van der Waals surface area contributed by atoms with Gasteiger partial charge in [0, 0.05) is 49.6 Å². The summed E-state index contributed by atoms with van der Waals surface area (Å²) in [6.45, 7) is 2.62. The molecule has 4 rings (SSSR count). The molecule has 1 amide bonds. The van der Waals surface area contributed by atoms with Crippen molar-refractivity contribution >= 4 is 5.91 Å². The quantitative estimate of drug-likeness (QED) is 0.728. The average molecular weight is 308 g/mol. The van der Waals surface area contributed by atoms with Gasteiger partial charge < -0.3 is 9.47 Å². The Morgan fingerprint density at radius 1 is 1.17 bits per heavy atom. The van der Waals surface area contributed by atoms with E-state index >= 15 is 0 Å². The molecule has 0 spiro atoms. The van der Waals surface area contributed by atoms with Crippen LogP contribution in [0.25, 0.3) is 0 Å². The van der Waals surface area contributed by atoms with Crippen LogP contribution in [0.3, 0.4) is 0 Å². The van der Waals surface area contributed by atoms with E-state index in [1.807, 2.05) is 28.0 Å². The summed E-state index contributed by atoms with van der Waals surface area (Å²) in [4.78, 5) is 22.9. The van der Waals surface area contributed by atoms with Crippen molar-refractivity contribution < 1.29 is 4.79 Å². The molecule has 116 valence electrons. The lowest BCUT2D eigenvalue weighted by Crippen LogP contribution is -2.38. The molecule has 3 aromatic heterocycles. The number of hydrogen-bond acceptors (Lipinski definition) is 4. The van der Waals surface area contributed by atoms with Gasteiger partial charge in [0.15, 0.2) is 0 Å². The van der Waals surface area contributed by atoms with E-state index in [0.29, 0.717) is 25.2 Å². The second kappa shape index (κ2) is 5.68. The highest BCUT2D eigenvalue weighted by Crippen LogP contribution is 2.16. The third-order valence-corrected chi connectivity index (χ3v) is 3.95. The monoisotopic (exact) mass is 308 g/mol. The van der Waals surface area contributed by atoms with Gasteiger partial charge in [0.25, 0.3) is 5.91 Å². The maximum absolute atomic E-state index is 12.5. The van der Waals surface area contributed by atoms with E-state index in [1.165, 1.54) is 0 Å². The van der Waals surface area contributed by atoms with E-state index in [0.717, 1.165) is 18.1 Å². The number of hydrogen-bond donors (Lipinski definition) is 0. The molecule has 3 aromatic rings. The lowest BCUT2D eigenvalue weighted by Gasteiger charge is -2.27. The Labute approximate surface area is 133 Å². The molecule has 7 nitrogen and oxygen atoms in total. The molecule has 4 heterocycles. The predicted octanol–water partition coefficient (Wildman–Crippen LogP) is 1.18. The second-order valence-electron chi connectivity index (χ2n) is 5.51. The Morgan fingerprint density at radius 3 is 2.83 bits per heavy atom. The predicted molar refractivity (Wildman–Crippen MR) is 82.5 cm³/mol. The van der Waals surface area contributed by atoms with Crippen LogP contribution in [0.1, 0.15) is 21.9 Å². The zero-order chi connectivity index (χ0) is 15.6. The van der Waals surface area contributed by atoms with Crippen LogP contribution in [0.2, 0.25) is 0 Å². The fraction of sp³-hybridized carbons (Fsp3) is 0.250. The normalized spacial score (nSPS) is 13.8. The Bertz CT molecular complexity index is 808. The molecular weight excluding hydrogens is 292 g/mol. The number of carbonyl (C=O) groups excluding carboxylic acids is 1. The van der Waals surface area contributed by atoms with Gasteiger partial charge >= 0.3 is 0 Å². The first-order valence-electron chi connectivity index (χ1n) is 7.51. The first kappa shape index (κ1) is 13.7. The van der Waals surface area contributed by atoms with Gasteiger partial charge in [0.05, 0.1) is 18.8 Å². The van der Waals surface area contributed by atoms with E-state index < -0.39 is 0 Å². The van der Waals surface area contributed by atoms with Gasteiger partial charge in [-0.2, -0.15) is 5.10 Å². The summed E-state index contributed by atoms with van der Waals surface area (Å²) in [5.41, 5.74) is 1.62. The Balaban J connectivity index is 1.51. The number of rotatable bonds is 3. The first-order valence-corrected chi connectivity index (χ1v) is 7.51. The molecule has 0 atom stereocenters. The van der Waals surface area contributed by atoms with Crippen LogP contribution < -0.4 is 0 Å². The average Bonchev–Trinajstić information content (AvgIpc) is 3.23. The van der Waals surface area contributed by atoms with Crippen LogP contribution in [0.15, 0.2) is 49.2 Å². The molecular formula is C16H16N6O. The van der Waals surface area contributed by atoms with Crippen LogP contribution in [0.4, 0.5) is 0 Å². The van der Waals surface area contributed by atoms with Crippen LogP contribution >= 0.6 is 0 Å². The van der Waals surface area contributed by atoms with Gasteiger partial charge in [-0.25, -0.2) is 4.98 Å². The minimum atomic E-state index is 0.0234. The molecule has 0 saturated carbocycles. The summed E-state index contributed by atoms with van der Waals surface area (Å²) < 4.78 is 3.96. The first-order chi connectivity index (χ1) is 11.3. The van der Waals surface area contributed by atoms with Crippen LogP contribution in [0.5, 0.6) is 0 Å². The molecule has 0 aliphatic carbocycles. The second-order valence-corrected chi connectivity index (χ2v) is 5.51. The van der Waals surface area contributed by atoms with Crippen molar-refractivity contribution in [1.82, 2.24) is 29.2 Å². The Hall–Kier alpha value is -2.96. The number of aromatic nitrogens is 5. The molecule has 0 fully saturated rings. The van der Waals surface area contributed by atoms with E-state index in [1.54, 1.807) is 30.7 Å². The minimum absolute atomic E-state index is 0.0234. The molecule has 0 saturated heterocycles.